The second-order valence-corrected chi connectivity index (χ2v) is 6.94. The van der Waals surface area contributed by atoms with E-state index in [2.05, 4.69) is 0 Å². The Morgan fingerprint density at radius 1 is 1.00 bits per heavy atom. The molecule has 0 bridgehead atoms. The molecule has 5 heteroatoms. The SMILES string of the molecule is COc1ccc(OC)c(-c2coc3c4c(ccc3c2=O)OC(C)(C)C=C4)c1. The zero-order valence-electron chi connectivity index (χ0n) is 15.7. The smallest absolute Gasteiger partial charge is 0.200 e. The first-order valence-electron chi connectivity index (χ1n) is 8.63. The highest BCUT2D eigenvalue weighted by Crippen LogP contribution is 2.37. The molecule has 0 fully saturated rings. The lowest BCUT2D eigenvalue weighted by molar-refractivity contribution is 0.159. The first-order chi connectivity index (χ1) is 12.9. The van der Waals surface area contributed by atoms with Crippen molar-refractivity contribution in [2.24, 2.45) is 0 Å². The number of ether oxygens (including phenoxy) is 3. The summed E-state index contributed by atoms with van der Waals surface area (Å²) < 4.78 is 22.5. The van der Waals surface area contributed by atoms with Gasteiger partial charge in [-0.25, -0.2) is 0 Å². The molecule has 138 valence electrons. The van der Waals surface area contributed by atoms with Gasteiger partial charge in [0.05, 0.1) is 30.7 Å². The Kier molecular flexibility index (Phi) is 3.95. The Morgan fingerprint density at radius 3 is 2.56 bits per heavy atom. The second-order valence-electron chi connectivity index (χ2n) is 6.94. The molecule has 4 rings (SSSR count). The topological polar surface area (TPSA) is 57.9 Å². The zero-order valence-corrected chi connectivity index (χ0v) is 15.7. The van der Waals surface area contributed by atoms with Crippen LogP contribution in [0.3, 0.4) is 0 Å². The molecule has 1 aromatic heterocycles. The fraction of sp³-hybridized carbons (Fsp3) is 0.227. The summed E-state index contributed by atoms with van der Waals surface area (Å²) >= 11 is 0. The van der Waals surface area contributed by atoms with Crippen molar-refractivity contribution >= 4 is 17.0 Å². The molecular weight excluding hydrogens is 344 g/mol. The van der Waals surface area contributed by atoms with Crippen LogP contribution >= 0.6 is 0 Å². The van der Waals surface area contributed by atoms with E-state index < -0.39 is 5.60 Å². The number of benzene rings is 2. The molecule has 5 nitrogen and oxygen atoms in total. The molecule has 0 spiro atoms. The minimum absolute atomic E-state index is 0.135. The fourth-order valence-corrected chi connectivity index (χ4v) is 3.26. The predicted molar refractivity (Wildman–Crippen MR) is 105 cm³/mol. The Labute approximate surface area is 156 Å². The summed E-state index contributed by atoms with van der Waals surface area (Å²) in [4.78, 5) is 13.2. The largest absolute Gasteiger partial charge is 0.497 e. The van der Waals surface area contributed by atoms with E-state index in [0.717, 1.165) is 5.56 Å². The molecule has 1 aliphatic rings. The van der Waals surface area contributed by atoms with Gasteiger partial charge >= 0.3 is 0 Å². The van der Waals surface area contributed by atoms with Gasteiger partial charge in [-0.05, 0) is 56.3 Å². The standard InChI is InChI=1S/C22H20O5/c1-22(2)10-9-14-19(27-22)8-6-15-20(23)17(12-26-21(14)15)16-11-13(24-3)5-7-18(16)25-4/h5-12H,1-4H3. The summed E-state index contributed by atoms with van der Waals surface area (Å²) in [6.07, 6.45) is 5.36. The third-order valence-electron chi connectivity index (χ3n) is 4.66. The van der Waals surface area contributed by atoms with Crippen LogP contribution in [0.1, 0.15) is 19.4 Å². The maximum atomic E-state index is 13.2. The molecule has 0 aliphatic carbocycles. The molecule has 0 radical (unpaired) electrons. The molecule has 2 heterocycles. The Bertz CT molecular complexity index is 1120. The van der Waals surface area contributed by atoms with E-state index in [1.165, 1.54) is 6.26 Å². The van der Waals surface area contributed by atoms with Crippen LogP contribution in [0.15, 0.2) is 51.9 Å². The number of rotatable bonds is 3. The monoisotopic (exact) mass is 364 g/mol. The maximum Gasteiger partial charge on any atom is 0.200 e. The van der Waals surface area contributed by atoms with E-state index in [1.807, 2.05) is 32.1 Å². The lowest BCUT2D eigenvalue weighted by Crippen LogP contribution is -2.27. The highest BCUT2D eigenvalue weighted by molar-refractivity contribution is 5.91. The van der Waals surface area contributed by atoms with Crippen LogP contribution in [0.4, 0.5) is 0 Å². The molecule has 0 atom stereocenters. The Morgan fingerprint density at radius 2 is 1.81 bits per heavy atom. The molecular formula is C22H20O5. The third kappa shape index (κ3) is 2.85. The number of fused-ring (bicyclic) bond motifs is 3. The highest BCUT2D eigenvalue weighted by atomic mass is 16.5. The summed E-state index contributed by atoms with van der Waals surface area (Å²) in [5, 5.41) is 0.490. The number of hydrogen-bond donors (Lipinski definition) is 0. The van der Waals surface area contributed by atoms with Crippen molar-refractivity contribution in [3.8, 4) is 28.4 Å². The van der Waals surface area contributed by atoms with Crippen LogP contribution in [-0.4, -0.2) is 19.8 Å². The maximum absolute atomic E-state index is 13.2. The summed E-state index contributed by atoms with van der Waals surface area (Å²) in [7, 11) is 3.14. The van der Waals surface area contributed by atoms with Crippen LogP contribution in [0.5, 0.6) is 17.2 Å². The minimum atomic E-state index is -0.394. The average molecular weight is 364 g/mol. The van der Waals surface area contributed by atoms with Gasteiger partial charge in [0.1, 0.15) is 34.7 Å². The zero-order chi connectivity index (χ0) is 19.2. The van der Waals surface area contributed by atoms with Crippen molar-refractivity contribution in [2.75, 3.05) is 14.2 Å². The lowest BCUT2D eigenvalue weighted by atomic mass is 9.99. The minimum Gasteiger partial charge on any atom is -0.497 e. The van der Waals surface area contributed by atoms with Crippen molar-refractivity contribution in [1.29, 1.82) is 0 Å². The van der Waals surface area contributed by atoms with Crippen molar-refractivity contribution in [2.45, 2.75) is 19.4 Å². The van der Waals surface area contributed by atoms with Crippen LogP contribution in [0, 0.1) is 0 Å². The van der Waals surface area contributed by atoms with Gasteiger partial charge in [-0.2, -0.15) is 0 Å². The van der Waals surface area contributed by atoms with E-state index in [-0.39, 0.29) is 5.43 Å². The van der Waals surface area contributed by atoms with Crippen LogP contribution < -0.4 is 19.6 Å². The van der Waals surface area contributed by atoms with Gasteiger partial charge in [0.2, 0.25) is 5.43 Å². The van der Waals surface area contributed by atoms with Crippen molar-refractivity contribution in [3.63, 3.8) is 0 Å². The molecule has 0 saturated heterocycles. The number of methoxy groups -OCH3 is 2. The van der Waals surface area contributed by atoms with E-state index >= 15 is 0 Å². The van der Waals surface area contributed by atoms with Crippen LogP contribution in [-0.2, 0) is 0 Å². The lowest BCUT2D eigenvalue weighted by Gasteiger charge is -2.27. The van der Waals surface area contributed by atoms with Gasteiger partial charge < -0.3 is 18.6 Å². The third-order valence-corrected chi connectivity index (χ3v) is 4.66. The van der Waals surface area contributed by atoms with Crippen molar-refractivity contribution in [3.05, 3.63) is 58.5 Å². The van der Waals surface area contributed by atoms with Gasteiger partial charge in [-0.15, -0.1) is 0 Å². The Balaban J connectivity index is 1.94. The molecule has 0 N–H and O–H groups in total. The number of hydrogen-bond acceptors (Lipinski definition) is 5. The quantitative estimate of drug-likeness (QED) is 0.676. The van der Waals surface area contributed by atoms with Gasteiger partial charge in [0.25, 0.3) is 0 Å². The van der Waals surface area contributed by atoms with Gasteiger partial charge in [0, 0.05) is 5.56 Å². The van der Waals surface area contributed by atoms with E-state index in [9.17, 15) is 4.79 Å². The molecule has 0 unspecified atom stereocenters. The molecule has 0 saturated carbocycles. The molecule has 3 aromatic rings. The molecule has 1 aliphatic heterocycles. The van der Waals surface area contributed by atoms with Crippen molar-refractivity contribution in [1.82, 2.24) is 0 Å². The Hall–Kier alpha value is -3.21. The second kappa shape index (κ2) is 6.20. The van der Waals surface area contributed by atoms with Gasteiger partial charge in [-0.1, -0.05) is 0 Å². The first-order valence-corrected chi connectivity index (χ1v) is 8.63. The highest BCUT2D eigenvalue weighted by Gasteiger charge is 2.25. The predicted octanol–water partition coefficient (Wildman–Crippen LogP) is 4.66. The average Bonchev–Trinajstić information content (AvgIpc) is 2.66. The van der Waals surface area contributed by atoms with Crippen molar-refractivity contribution < 1.29 is 18.6 Å². The first kappa shape index (κ1) is 17.2. The van der Waals surface area contributed by atoms with E-state index in [0.29, 0.717) is 39.3 Å². The summed E-state index contributed by atoms with van der Waals surface area (Å²) in [6.45, 7) is 3.95. The van der Waals surface area contributed by atoms with Gasteiger partial charge in [0.15, 0.2) is 0 Å². The van der Waals surface area contributed by atoms with Crippen LogP contribution in [0.25, 0.3) is 28.2 Å². The molecule has 0 amide bonds. The summed E-state index contributed by atoms with van der Waals surface area (Å²) in [5.74, 6) is 1.91. The normalized spacial score (nSPS) is 14.5. The molecule has 2 aromatic carbocycles. The van der Waals surface area contributed by atoms with Gasteiger partial charge in [-0.3, -0.25) is 4.79 Å². The summed E-state index contributed by atoms with van der Waals surface area (Å²) in [6, 6.07) is 8.87. The van der Waals surface area contributed by atoms with Crippen LogP contribution in [0.2, 0.25) is 0 Å². The molecule has 27 heavy (non-hydrogen) atoms. The van der Waals surface area contributed by atoms with E-state index in [4.69, 9.17) is 18.6 Å². The van der Waals surface area contributed by atoms with E-state index in [1.54, 1.807) is 38.5 Å². The fourth-order valence-electron chi connectivity index (χ4n) is 3.26. The summed E-state index contributed by atoms with van der Waals surface area (Å²) in [5.41, 5.74) is 1.79.